The average molecular weight is 461 g/mol. The van der Waals surface area contributed by atoms with Crippen molar-refractivity contribution < 1.29 is 44.0 Å². The largest absolute Gasteiger partial charge is 0.550 e. The summed E-state index contributed by atoms with van der Waals surface area (Å²) in [5.74, 6) is -5.73. The normalized spacial score (nSPS) is 26.5. The second-order valence-corrected chi connectivity index (χ2v) is 7.62. The first-order valence-electron chi connectivity index (χ1n) is 8.98. The topological polar surface area (TPSA) is 202 Å². The van der Waals surface area contributed by atoms with E-state index in [0.29, 0.717) is 0 Å². The van der Waals surface area contributed by atoms with Gasteiger partial charge in [0.15, 0.2) is 0 Å². The third-order valence-corrected chi connectivity index (χ3v) is 5.14. The zero-order valence-electron chi connectivity index (χ0n) is 15.9. The van der Waals surface area contributed by atoms with E-state index < -0.39 is 78.7 Å². The van der Waals surface area contributed by atoms with Crippen molar-refractivity contribution in [1.29, 1.82) is 0 Å². The molecule has 0 saturated heterocycles. The summed E-state index contributed by atoms with van der Waals surface area (Å²) in [7, 11) is 0. The Morgan fingerprint density at radius 3 is 2.48 bits per heavy atom. The molecule has 13 heteroatoms. The molecule has 0 spiro atoms. The van der Waals surface area contributed by atoms with Gasteiger partial charge in [0.1, 0.15) is 23.6 Å². The maximum absolute atomic E-state index is 13.3. The van der Waals surface area contributed by atoms with Crippen LogP contribution in [-0.2, 0) is 14.4 Å². The van der Waals surface area contributed by atoms with E-state index in [4.69, 9.17) is 17.3 Å². The van der Waals surface area contributed by atoms with E-state index in [1.54, 1.807) is 0 Å². The van der Waals surface area contributed by atoms with Crippen LogP contribution in [0.15, 0.2) is 18.2 Å². The molecule has 1 aliphatic carbocycles. The van der Waals surface area contributed by atoms with Crippen molar-refractivity contribution in [3.8, 4) is 0 Å². The van der Waals surface area contributed by atoms with Gasteiger partial charge in [-0.2, -0.15) is 0 Å². The van der Waals surface area contributed by atoms with Gasteiger partial charge in [-0.25, -0.2) is 4.39 Å². The number of carbonyl (C=O) groups excluding carboxylic acids is 4. The van der Waals surface area contributed by atoms with Crippen molar-refractivity contribution in [2.45, 2.75) is 49.2 Å². The van der Waals surface area contributed by atoms with E-state index in [-0.39, 0.29) is 10.6 Å². The Kier molecular flexibility index (Phi) is 7.54. The first-order chi connectivity index (χ1) is 14.3. The van der Waals surface area contributed by atoms with Gasteiger partial charge in [0.05, 0.1) is 17.2 Å². The first kappa shape index (κ1) is 24.5. The highest BCUT2D eigenvalue weighted by atomic mass is 35.5. The van der Waals surface area contributed by atoms with Gasteiger partial charge in [0.2, 0.25) is 5.91 Å². The molecule has 31 heavy (non-hydrogen) atoms. The Morgan fingerprint density at radius 1 is 1.29 bits per heavy atom. The van der Waals surface area contributed by atoms with E-state index >= 15 is 0 Å². The lowest BCUT2D eigenvalue weighted by Crippen LogP contribution is -2.64. The Balaban J connectivity index is 2.18. The number of primary amides is 1. The van der Waals surface area contributed by atoms with Crippen LogP contribution in [0.1, 0.15) is 29.6 Å². The van der Waals surface area contributed by atoms with E-state index in [1.165, 1.54) is 0 Å². The van der Waals surface area contributed by atoms with Gasteiger partial charge in [-0.3, -0.25) is 14.4 Å². The number of hydrogen-bond donors (Lipinski definition) is 6. The molecule has 7 N–H and O–H groups in total. The summed E-state index contributed by atoms with van der Waals surface area (Å²) < 4.78 is 13.3. The number of nitrogens with two attached hydrogens (primary N) is 1. The zero-order chi connectivity index (χ0) is 23.5. The molecule has 1 aliphatic rings. The number of nitrogens with one attached hydrogen (secondary N) is 2. The number of benzene rings is 1. The molecule has 1 aromatic carbocycles. The van der Waals surface area contributed by atoms with Crippen LogP contribution in [0.4, 0.5) is 4.39 Å². The van der Waals surface area contributed by atoms with Gasteiger partial charge < -0.3 is 41.6 Å². The number of halogens is 2. The maximum atomic E-state index is 13.3. The molecule has 0 aromatic heterocycles. The van der Waals surface area contributed by atoms with Gasteiger partial charge >= 0.3 is 0 Å². The fourth-order valence-electron chi connectivity index (χ4n) is 3.20. The number of rotatable bonds is 7. The van der Waals surface area contributed by atoms with Crippen LogP contribution < -0.4 is 21.5 Å². The van der Waals surface area contributed by atoms with Crippen molar-refractivity contribution in [2.75, 3.05) is 0 Å². The SMILES string of the molecule is NC(=O)[C@@H](CC(=O)[O-])NC(=O)[C@@]1(O)C[C@@H](O)[C@H](O)[C@@H](NC(=O)c2ccc(F)c(Cl)c2)C1. The minimum Gasteiger partial charge on any atom is -0.550 e. The molecule has 1 fully saturated rings. The number of hydrogen-bond acceptors (Lipinski definition) is 8. The standard InChI is InChI=1S/C18H21ClFN3O8/c19-8-3-7(1-2-9(8)20)16(29)22-11-5-18(31,6-12(24)14(11)27)17(30)23-10(15(21)28)4-13(25)26/h1-3,10-12,14,24,27,31H,4-6H2,(H2,21,28)(H,22,29)(H,23,30)(H,25,26)/p-1/t10-,11+,12-,14-,18+/m1/s1. The van der Waals surface area contributed by atoms with Crippen LogP contribution in [0, 0.1) is 5.82 Å². The summed E-state index contributed by atoms with van der Waals surface area (Å²) >= 11 is 5.63. The number of amides is 3. The van der Waals surface area contributed by atoms with Crippen LogP contribution in [0.5, 0.6) is 0 Å². The first-order valence-corrected chi connectivity index (χ1v) is 9.36. The molecule has 0 aliphatic heterocycles. The number of aliphatic carboxylic acids is 1. The number of carboxylic acids is 1. The lowest BCUT2D eigenvalue weighted by Gasteiger charge is -2.41. The van der Waals surface area contributed by atoms with E-state index in [1.807, 2.05) is 5.32 Å². The zero-order valence-corrected chi connectivity index (χ0v) is 16.6. The summed E-state index contributed by atoms with van der Waals surface area (Å²) in [6.07, 6.45) is -5.48. The fourth-order valence-corrected chi connectivity index (χ4v) is 3.38. The number of carbonyl (C=O) groups is 4. The van der Waals surface area contributed by atoms with Gasteiger partial charge in [-0.05, 0) is 18.2 Å². The molecule has 2 rings (SSSR count). The fraction of sp³-hybridized carbons (Fsp3) is 0.444. The Labute approximate surface area is 180 Å². The molecule has 0 unspecified atom stereocenters. The third kappa shape index (κ3) is 5.88. The molecule has 5 atom stereocenters. The summed E-state index contributed by atoms with van der Waals surface area (Å²) in [4.78, 5) is 47.0. The molecule has 170 valence electrons. The lowest BCUT2D eigenvalue weighted by atomic mass is 9.77. The van der Waals surface area contributed by atoms with E-state index in [0.717, 1.165) is 18.2 Å². The van der Waals surface area contributed by atoms with Crippen molar-refractivity contribution in [2.24, 2.45) is 5.73 Å². The molecule has 0 radical (unpaired) electrons. The molecule has 11 nitrogen and oxygen atoms in total. The summed E-state index contributed by atoms with van der Waals surface area (Å²) in [5.41, 5.74) is 2.54. The minimum absolute atomic E-state index is 0.0885. The molecular formula is C18H20ClFN3O8-. The van der Waals surface area contributed by atoms with Crippen LogP contribution in [0.3, 0.4) is 0 Å². The maximum Gasteiger partial charge on any atom is 0.252 e. The molecular weight excluding hydrogens is 441 g/mol. The van der Waals surface area contributed by atoms with Crippen LogP contribution in [-0.4, -0.2) is 68.9 Å². The quantitative estimate of drug-likeness (QED) is 0.246. The predicted octanol–water partition coefficient (Wildman–Crippen LogP) is -3.07. The Morgan fingerprint density at radius 2 is 1.94 bits per heavy atom. The highest BCUT2D eigenvalue weighted by Gasteiger charge is 2.49. The van der Waals surface area contributed by atoms with Gasteiger partial charge in [-0.15, -0.1) is 0 Å². The molecule has 3 amide bonds. The molecule has 1 aromatic rings. The lowest BCUT2D eigenvalue weighted by molar-refractivity contribution is -0.306. The molecule has 0 heterocycles. The summed E-state index contributed by atoms with van der Waals surface area (Å²) in [6, 6.07) is 0.0325. The van der Waals surface area contributed by atoms with Crippen LogP contribution in [0.25, 0.3) is 0 Å². The van der Waals surface area contributed by atoms with Crippen molar-refractivity contribution in [3.63, 3.8) is 0 Å². The Hall–Kier alpha value is -2.80. The average Bonchev–Trinajstić information content (AvgIpc) is 2.66. The Bertz CT molecular complexity index is 901. The molecule has 0 bridgehead atoms. The highest BCUT2D eigenvalue weighted by Crippen LogP contribution is 2.30. The number of aliphatic hydroxyl groups is 3. The predicted molar refractivity (Wildman–Crippen MR) is 99.6 cm³/mol. The summed E-state index contributed by atoms with van der Waals surface area (Å²) in [5, 5.41) is 45.6. The number of aliphatic hydroxyl groups excluding tert-OH is 2. The van der Waals surface area contributed by atoms with Crippen molar-refractivity contribution in [3.05, 3.63) is 34.6 Å². The second-order valence-electron chi connectivity index (χ2n) is 7.21. The molecule has 1 saturated carbocycles. The van der Waals surface area contributed by atoms with Gasteiger partial charge in [0, 0.05) is 30.8 Å². The minimum atomic E-state index is -2.39. The van der Waals surface area contributed by atoms with Gasteiger partial charge in [-0.1, -0.05) is 11.6 Å². The van der Waals surface area contributed by atoms with Gasteiger partial charge in [0.25, 0.3) is 11.8 Å². The third-order valence-electron chi connectivity index (χ3n) is 4.85. The second kappa shape index (κ2) is 9.56. The number of carboxylic acid groups (broad SMARTS) is 1. The van der Waals surface area contributed by atoms with Crippen LogP contribution >= 0.6 is 11.6 Å². The monoisotopic (exact) mass is 460 g/mol. The van der Waals surface area contributed by atoms with Crippen LogP contribution in [0.2, 0.25) is 5.02 Å². The van der Waals surface area contributed by atoms with E-state index in [2.05, 4.69) is 5.32 Å². The smallest absolute Gasteiger partial charge is 0.252 e. The van der Waals surface area contributed by atoms with Crippen molar-refractivity contribution >= 4 is 35.3 Å². The van der Waals surface area contributed by atoms with Crippen molar-refractivity contribution in [1.82, 2.24) is 10.6 Å². The summed E-state index contributed by atoms with van der Waals surface area (Å²) in [6.45, 7) is 0. The van der Waals surface area contributed by atoms with E-state index in [9.17, 15) is 44.0 Å². The highest BCUT2D eigenvalue weighted by molar-refractivity contribution is 6.31.